The van der Waals surface area contributed by atoms with Crippen molar-refractivity contribution in [3.05, 3.63) is 0 Å². The van der Waals surface area contributed by atoms with Gasteiger partial charge >= 0.3 is 0 Å². The lowest BCUT2D eigenvalue weighted by molar-refractivity contribution is -0.122. The molecule has 0 rings (SSSR count). The SMILES string of the molecule is CCCCCCCCCCCCCCCCCC(=O)NNCCO. The van der Waals surface area contributed by atoms with E-state index in [0.29, 0.717) is 13.0 Å². The molecule has 0 fully saturated rings. The van der Waals surface area contributed by atoms with E-state index in [1.807, 2.05) is 0 Å². The van der Waals surface area contributed by atoms with Crippen LogP contribution in [0.4, 0.5) is 0 Å². The van der Waals surface area contributed by atoms with Gasteiger partial charge < -0.3 is 5.11 Å². The van der Waals surface area contributed by atoms with Crippen molar-refractivity contribution in [2.75, 3.05) is 13.2 Å². The Morgan fingerprint density at radius 1 is 0.708 bits per heavy atom. The minimum Gasteiger partial charge on any atom is -0.395 e. The van der Waals surface area contributed by atoms with Crippen LogP contribution in [0.5, 0.6) is 0 Å². The molecule has 0 radical (unpaired) electrons. The van der Waals surface area contributed by atoms with E-state index in [1.54, 1.807) is 0 Å². The first-order valence-corrected chi connectivity index (χ1v) is 10.4. The molecule has 0 aliphatic rings. The Labute approximate surface area is 150 Å². The molecule has 4 nitrogen and oxygen atoms in total. The molecule has 0 aliphatic heterocycles. The fourth-order valence-corrected chi connectivity index (χ4v) is 2.94. The lowest BCUT2D eigenvalue weighted by Gasteiger charge is -2.05. The molecule has 0 saturated heterocycles. The third-order valence-electron chi connectivity index (χ3n) is 4.47. The summed E-state index contributed by atoms with van der Waals surface area (Å²) in [5.41, 5.74) is 5.27. The number of aliphatic hydroxyl groups excluding tert-OH is 1. The molecule has 3 N–H and O–H groups in total. The minimum atomic E-state index is 0.0261. The molecule has 0 atom stereocenters. The summed E-state index contributed by atoms with van der Waals surface area (Å²) in [6.45, 7) is 2.72. The van der Waals surface area contributed by atoms with Crippen LogP contribution < -0.4 is 10.9 Å². The maximum atomic E-state index is 11.4. The normalized spacial score (nSPS) is 10.9. The molecule has 0 aromatic heterocycles. The molecular weight excluding hydrogens is 300 g/mol. The Kier molecular flexibility index (Phi) is 19.9. The molecule has 0 spiro atoms. The second-order valence-electron chi connectivity index (χ2n) is 6.90. The van der Waals surface area contributed by atoms with Gasteiger partial charge in [-0.15, -0.1) is 0 Å². The van der Waals surface area contributed by atoms with Crippen molar-refractivity contribution in [2.45, 2.75) is 110 Å². The molecule has 0 aliphatic carbocycles. The molecule has 4 heteroatoms. The second-order valence-corrected chi connectivity index (χ2v) is 6.90. The zero-order chi connectivity index (χ0) is 17.7. The second kappa shape index (κ2) is 20.4. The standard InChI is InChI=1S/C20H42N2O2/c1-2-3-4-5-6-7-8-9-10-11-12-13-14-15-16-17-20(24)22-21-18-19-23/h21,23H,2-19H2,1H3,(H,22,24). The molecule has 1 amide bonds. The van der Waals surface area contributed by atoms with Crippen molar-refractivity contribution < 1.29 is 9.90 Å². The highest BCUT2D eigenvalue weighted by Gasteiger charge is 1.99. The monoisotopic (exact) mass is 342 g/mol. The van der Waals surface area contributed by atoms with Crippen molar-refractivity contribution in [3.8, 4) is 0 Å². The van der Waals surface area contributed by atoms with E-state index in [2.05, 4.69) is 17.8 Å². The first-order chi connectivity index (χ1) is 11.8. The maximum absolute atomic E-state index is 11.4. The first kappa shape index (κ1) is 23.4. The Morgan fingerprint density at radius 3 is 1.54 bits per heavy atom. The van der Waals surface area contributed by atoms with Crippen LogP contribution in [0.1, 0.15) is 110 Å². The topological polar surface area (TPSA) is 61.4 Å². The minimum absolute atomic E-state index is 0.0261. The third-order valence-corrected chi connectivity index (χ3v) is 4.47. The van der Waals surface area contributed by atoms with Crippen LogP contribution in [0.3, 0.4) is 0 Å². The smallest absolute Gasteiger partial charge is 0.234 e. The predicted molar refractivity (Wildman–Crippen MR) is 103 cm³/mol. The Bertz CT molecular complexity index is 260. The van der Waals surface area contributed by atoms with Crippen LogP contribution >= 0.6 is 0 Å². The Hall–Kier alpha value is -0.610. The number of nitrogens with one attached hydrogen (secondary N) is 2. The summed E-state index contributed by atoms with van der Waals surface area (Å²) in [4.78, 5) is 11.4. The summed E-state index contributed by atoms with van der Waals surface area (Å²) < 4.78 is 0. The van der Waals surface area contributed by atoms with E-state index in [1.165, 1.54) is 83.5 Å². The van der Waals surface area contributed by atoms with E-state index in [0.717, 1.165) is 12.8 Å². The summed E-state index contributed by atoms with van der Waals surface area (Å²) in [5, 5.41) is 8.58. The van der Waals surface area contributed by atoms with E-state index >= 15 is 0 Å². The lowest BCUT2D eigenvalue weighted by atomic mass is 10.0. The van der Waals surface area contributed by atoms with Crippen LogP contribution in [0.15, 0.2) is 0 Å². The quantitative estimate of drug-likeness (QED) is 0.232. The largest absolute Gasteiger partial charge is 0.395 e. The lowest BCUT2D eigenvalue weighted by Crippen LogP contribution is -2.38. The van der Waals surface area contributed by atoms with Crippen molar-refractivity contribution in [1.29, 1.82) is 0 Å². The molecule has 24 heavy (non-hydrogen) atoms. The van der Waals surface area contributed by atoms with Gasteiger partial charge in [-0.25, -0.2) is 5.43 Å². The summed E-state index contributed by atoms with van der Waals surface area (Å²) in [5.74, 6) is 0.0261. The summed E-state index contributed by atoms with van der Waals surface area (Å²) in [6, 6.07) is 0. The molecular formula is C20H42N2O2. The third kappa shape index (κ3) is 19.4. The van der Waals surface area contributed by atoms with Crippen molar-refractivity contribution >= 4 is 5.91 Å². The number of rotatable bonds is 19. The molecule has 0 saturated carbocycles. The number of hydrogen-bond acceptors (Lipinski definition) is 3. The molecule has 0 bridgehead atoms. The van der Waals surface area contributed by atoms with Gasteiger partial charge in [0.25, 0.3) is 0 Å². The summed E-state index contributed by atoms with van der Waals surface area (Å²) in [6.07, 6.45) is 20.7. The van der Waals surface area contributed by atoms with Gasteiger partial charge in [-0.3, -0.25) is 10.2 Å². The summed E-state index contributed by atoms with van der Waals surface area (Å²) in [7, 11) is 0. The molecule has 0 aromatic carbocycles. The fourth-order valence-electron chi connectivity index (χ4n) is 2.94. The number of carbonyl (C=O) groups excluding carboxylic acids is 1. The fraction of sp³-hybridized carbons (Fsp3) is 0.950. The van der Waals surface area contributed by atoms with E-state index < -0.39 is 0 Å². The average molecular weight is 343 g/mol. The first-order valence-electron chi connectivity index (χ1n) is 10.4. The number of hydrogen-bond donors (Lipinski definition) is 3. The zero-order valence-electron chi connectivity index (χ0n) is 16.1. The average Bonchev–Trinajstić information content (AvgIpc) is 2.58. The van der Waals surface area contributed by atoms with Crippen molar-refractivity contribution in [2.24, 2.45) is 0 Å². The van der Waals surface area contributed by atoms with Gasteiger partial charge in [-0.2, -0.15) is 0 Å². The maximum Gasteiger partial charge on any atom is 0.234 e. The van der Waals surface area contributed by atoms with Crippen molar-refractivity contribution in [1.82, 2.24) is 10.9 Å². The van der Waals surface area contributed by atoms with Crippen LogP contribution in [0, 0.1) is 0 Å². The van der Waals surface area contributed by atoms with Gasteiger partial charge in [0.15, 0.2) is 0 Å². The van der Waals surface area contributed by atoms with Crippen LogP contribution in [0.25, 0.3) is 0 Å². The van der Waals surface area contributed by atoms with Crippen molar-refractivity contribution in [3.63, 3.8) is 0 Å². The van der Waals surface area contributed by atoms with Crippen LogP contribution in [0.2, 0.25) is 0 Å². The van der Waals surface area contributed by atoms with Gasteiger partial charge in [0, 0.05) is 13.0 Å². The highest BCUT2D eigenvalue weighted by molar-refractivity contribution is 5.75. The molecule has 0 heterocycles. The Morgan fingerprint density at radius 2 is 1.12 bits per heavy atom. The van der Waals surface area contributed by atoms with Gasteiger partial charge in [0.1, 0.15) is 0 Å². The molecule has 0 aromatic rings. The zero-order valence-corrected chi connectivity index (χ0v) is 16.1. The van der Waals surface area contributed by atoms with Gasteiger partial charge in [-0.1, -0.05) is 96.8 Å². The molecule has 144 valence electrons. The van der Waals surface area contributed by atoms with Gasteiger partial charge in [-0.05, 0) is 6.42 Å². The van der Waals surface area contributed by atoms with Crippen LogP contribution in [-0.4, -0.2) is 24.2 Å². The predicted octanol–water partition coefficient (Wildman–Crippen LogP) is 4.86. The van der Waals surface area contributed by atoms with E-state index in [-0.39, 0.29) is 12.5 Å². The number of unbranched alkanes of at least 4 members (excludes halogenated alkanes) is 14. The number of aliphatic hydroxyl groups is 1. The highest BCUT2D eigenvalue weighted by Crippen LogP contribution is 2.13. The Balaban J connectivity index is 3.06. The van der Waals surface area contributed by atoms with E-state index in [4.69, 9.17) is 5.11 Å². The number of amides is 1. The van der Waals surface area contributed by atoms with Crippen LogP contribution in [-0.2, 0) is 4.79 Å². The van der Waals surface area contributed by atoms with Gasteiger partial charge in [0.2, 0.25) is 5.91 Å². The number of hydrazine groups is 1. The number of carbonyl (C=O) groups is 1. The summed E-state index contributed by atoms with van der Waals surface area (Å²) >= 11 is 0. The highest BCUT2D eigenvalue weighted by atomic mass is 16.3. The molecule has 0 unspecified atom stereocenters. The van der Waals surface area contributed by atoms with Gasteiger partial charge in [0.05, 0.1) is 6.61 Å². The van der Waals surface area contributed by atoms with E-state index in [9.17, 15) is 4.79 Å².